The Bertz CT molecular complexity index is 677. The third-order valence-electron chi connectivity index (χ3n) is 4.04. The van der Waals surface area contributed by atoms with Crippen LogP contribution in [-0.4, -0.2) is 50.4 Å². The van der Waals surface area contributed by atoms with E-state index in [9.17, 15) is 29.5 Å². The fourth-order valence-electron chi connectivity index (χ4n) is 2.63. The quantitative estimate of drug-likeness (QED) is 0.392. The Kier molecular flexibility index (Phi) is 8.92. The van der Waals surface area contributed by atoms with Crippen molar-refractivity contribution >= 4 is 36.0 Å². The fraction of sp³-hybridized carbons (Fsp3) is 0.471. The third-order valence-corrected chi connectivity index (χ3v) is 6.96. The smallest absolute Gasteiger partial charge is 0.306 e. The van der Waals surface area contributed by atoms with Gasteiger partial charge in [0.25, 0.3) is 0 Å². The van der Waals surface area contributed by atoms with Crippen LogP contribution in [0.3, 0.4) is 0 Å². The predicted octanol–water partition coefficient (Wildman–Crippen LogP) is 2.27. The van der Waals surface area contributed by atoms with Crippen LogP contribution in [0.5, 0.6) is 0 Å². The topological polar surface area (TPSA) is 132 Å². The van der Waals surface area contributed by atoms with Crippen LogP contribution in [0, 0.1) is 11.8 Å². The van der Waals surface area contributed by atoms with Crippen molar-refractivity contribution in [1.29, 1.82) is 0 Å². The molecule has 1 aromatic rings. The standard InChI is InChI=1S/C17H23O7PS/c18-15(19)9-8-14(17(22)23)11-25(24,26)10-13(16(20)21)7-6-12-4-2-1-3-5-12/h1-5,13-14H,6-11H2,(H,18,19)(H,20,21)(H,22,23)(H,24,26). The molecular formula is C17H23O7PS. The lowest BCUT2D eigenvalue weighted by atomic mass is 10.0. The van der Waals surface area contributed by atoms with E-state index < -0.39 is 36.0 Å². The molecule has 1 rings (SSSR count). The average molecular weight is 402 g/mol. The zero-order valence-corrected chi connectivity index (χ0v) is 15.9. The highest BCUT2D eigenvalue weighted by molar-refractivity contribution is 8.11. The molecule has 0 fully saturated rings. The van der Waals surface area contributed by atoms with Crippen molar-refractivity contribution in [2.24, 2.45) is 11.8 Å². The number of carbonyl (C=O) groups is 3. The molecule has 0 amide bonds. The van der Waals surface area contributed by atoms with Gasteiger partial charge in [-0.3, -0.25) is 14.4 Å². The van der Waals surface area contributed by atoms with Crippen molar-refractivity contribution in [2.75, 3.05) is 12.3 Å². The summed E-state index contributed by atoms with van der Waals surface area (Å²) in [6.45, 7) is 0. The lowest BCUT2D eigenvalue weighted by Gasteiger charge is -2.23. The summed E-state index contributed by atoms with van der Waals surface area (Å²) in [5, 5.41) is 27.3. The number of benzene rings is 1. The molecule has 0 spiro atoms. The van der Waals surface area contributed by atoms with Crippen LogP contribution in [0.1, 0.15) is 24.8 Å². The first-order valence-corrected chi connectivity index (χ1v) is 11.3. The highest BCUT2D eigenvalue weighted by Gasteiger charge is 2.30. The summed E-state index contributed by atoms with van der Waals surface area (Å²) in [5.41, 5.74) is 0.967. The molecule has 7 nitrogen and oxygen atoms in total. The molecule has 3 unspecified atom stereocenters. The zero-order chi connectivity index (χ0) is 19.7. The van der Waals surface area contributed by atoms with E-state index in [0.717, 1.165) is 5.56 Å². The van der Waals surface area contributed by atoms with Gasteiger partial charge in [-0.15, -0.1) is 0 Å². The molecule has 1 aromatic carbocycles. The van der Waals surface area contributed by atoms with E-state index in [4.69, 9.17) is 16.9 Å². The second-order valence-corrected chi connectivity index (χ2v) is 10.7. The first-order chi connectivity index (χ1) is 12.1. The molecule has 144 valence electrons. The number of carboxylic acids is 3. The molecule has 0 bridgehead atoms. The van der Waals surface area contributed by atoms with E-state index in [0.29, 0.717) is 6.42 Å². The molecular weight excluding hydrogens is 379 g/mol. The van der Waals surface area contributed by atoms with Crippen LogP contribution in [0.25, 0.3) is 0 Å². The first-order valence-electron chi connectivity index (χ1n) is 8.13. The van der Waals surface area contributed by atoms with Crippen molar-refractivity contribution in [3.05, 3.63) is 35.9 Å². The maximum atomic E-state index is 11.5. The van der Waals surface area contributed by atoms with Gasteiger partial charge in [-0.25, -0.2) is 0 Å². The second kappa shape index (κ2) is 10.4. The van der Waals surface area contributed by atoms with Gasteiger partial charge in [0.15, 0.2) is 0 Å². The molecule has 26 heavy (non-hydrogen) atoms. The molecule has 0 saturated carbocycles. The molecule has 0 aromatic heterocycles. The van der Waals surface area contributed by atoms with E-state index in [1.807, 2.05) is 30.3 Å². The van der Waals surface area contributed by atoms with Gasteiger partial charge < -0.3 is 20.2 Å². The molecule has 0 radical (unpaired) electrons. The van der Waals surface area contributed by atoms with Crippen LogP contribution in [-0.2, 0) is 32.6 Å². The van der Waals surface area contributed by atoms with Gasteiger partial charge in [0.05, 0.1) is 18.1 Å². The van der Waals surface area contributed by atoms with Gasteiger partial charge >= 0.3 is 17.9 Å². The summed E-state index contributed by atoms with van der Waals surface area (Å²) >= 11 is 5.14. The Morgan fingerprint density at radius 2 is 1.42 bits per heavy atom. The minimum absolute atomic E-state index is 0.147. The maximum absolute atomic E-state index is 11.5. The van der Waals surface area contributed by atoms with Crippen LogP contribution in [0.4, 0.5) is 0 Å². The fourth-order valence-corrected chi connectivity index (χ4v) is 5.92. The molecule has 4 N–H and O–H groups in total. The van der Waals surface area contributed by atoms with E-state index in [-0.39, 0.29) is 31.6 Å². The summed E-state index contributed by atoms with van der Waals surface area (Å²) < 4.78 is 0. The number of carboxylic acid groups (broad SMARTS) is 3. The Labute approximate surface area is 156 Å². The number of aryl methyl sites for hydroxylation is 1. The van der Waals surface area contributed by atoms with E-state index >= 15 is 0 Å². The van der Waals surface area contributed by atoms with Gasteiger partial charge in [0.2, 0.25) is 0 Å². The highest BCUT2D eigenvalue weighted by atomic mass is 32.4. The van der Waals surface area contributed by atoms with Gasteiger partial charge in [0.1, 0.15) is 0 Å². The normalized spacial score (nSPS) is 15.6. The van der Waals surface area contributed by atoms with Crippen molar-refractivity contribution in [3.63, 3.8) is 0 Å². The number of hydrogen-bond donors (Lipinski definition) is 4. The molecule has 0 aliphatic heterocycles. The lowest BCUT2D eigenvalue weighted by molar-refractivity contribution is -0.142. The third kappa shape index (κ3) is 8.56. The van der Waals surface area contributed by atoms with Gasteiger partial charge in [0, 0.05) is 18.7 Å². The van der Waals surface area contributed by atoms with E-state index in [1.54, 1.807) is 0 Å². The van der Waals surface area contributed by atoms with Crippen LogP contribution in [0.15, 0.2) is 30.3 Å². The van der Waals surface area contributed by atoms with E-state index in [1.165, 1.54) is 0 Å². The average Bonchev–Trinajstić information content (AvgIpc) is 2.55. The largest absolute Gasteiger partial charge is 0.481 e. The zero-order valence-electron chi connectivity index (χ0n) is 14.2. The van der Waals surface area contributed by atoms with Gasteiger partial charge in [-0.05, 0) is 24.8 Å². The van der Waals surface area contributed by atoms with Crippen LogP contribution in [0.2, 0.25) is 0 Å². The molecule has 9 heteroatoms. The number of hydrogen-bond acceptors (Lipinski definition) is 4. The summed E-state index contributed by atoms with van der Waals surface area (Å²) in [6.07, 6.45) is -3.34. The predicted molar refractivity (Wildman–Crippen MR) is 100 cm³/mol. The van der Waals surface area contributed by atoms with E-state index in [2.05, 4.69) is 0 Å². The Morgan fingerprint density at radius 1 is 0.923 bits per heavy atom. The van der Waals surface area contributed by atoms with Crippen molar-refractivity contribution in [3.8, 4) is 0 Å². The van der Waals surface area contributed by atoms with Gasteiger partial charge in [-0.1, -0.05) is 42.1 Å². The minimum Gasteiger partial charge on any atom is -0.481 e. The first kappa shape index (κ1) is 22.3. The summed E-state index contributed by atoms with van der Waals surface area (Å²) in [7, 11) is 0. The maximum Gasteiger partial charge on any atom is 0.306 e. The molecule has 0 aliphatic rings. The molecule has 0 aliphatic carbocycles. The molecule has 0 saturated heterocycles. The monoisotopic (exact) mass is 402 g/mol. The number of aliphatic carboxylic acids is 3. The Morgan fingerprint density at radius 3 is 1.88 bits per heavy atom. The number of rotatable bonds is 12. The van der Waals surface area contributed by atoms with Crippen LogP contribution < -0.4 is 0 Å². The Balaban J connectivity index is 2.71. The summed E-state index contributed by atoms with van der Waals surface area (Å²) in [4.78, 5) is 43.9. The molecule has 0 heterocycles. The van der Waals surface area contributed by atoms with Crippen molar-refractivity contribution < 1.29 is 34.6 Å². The SMILES string of the molecule is O=C(O)CCC(CP(O)(=S)CC(CCc1ccccc1)C(=O)O)C(=O)O. The highest BCUT2D eigenvalue weighted by Crippen LogP contribution is 2.46. The Hall–Kier alpha value is -1.76. The lowest BCUT2D eigenvalue weighted by Crippen LogP contribution is -2.24. The molecule has 3 atom stereocenters. The minimum atomic E-state index is -3.22. The summed E-state index contributed by atoms with van der Waals surface area (Å²) in [5.74, 6) is -5.41. The second-order valence-electron chi connectivity index (χ2n) is 6.24. The van der Waals surface area contributed by atoms with Crippen molar-refractivity contribution in [2.45, 2.75) is 25.7 Å². The summed E-state index contributed by atoms with van der Waals surface area (Å²) in [6, 6.07) is 9.30. The van der Waals surface area contributed by atoms with Crippen LogP contribution >= 0.6 is 6.26 Å². The van der Waals surface area contributed by atoms with Gasteiger partial charge in [-0.2, -0.15) is 0 Å². The van der Waals surface area contributed by atoms with Crippen molar-refractivity contribution in [1.82, 2.24) is 0 Å².